The number of aromatic nitrogens is 4. The first kappa shape index (κ1) is 8.16. The second-order valence-electron chi connectivity index (χ2n) is 3.45. The zero-order valence-corrected chi connectivity index (χ0v) is 8.00. The number of hydrogen-bond donors (Lipinski definition) is 1. The van der Waals surface area contributed by atoms with Gasteiger partial charge in [-0.3, -0.25) is 5.10 Å². The Kier molecular flexibility index (Phi) is 1.76. The van der Waals surface area contributed by atoms with Crippen LogP contribution >= 0.6 is 0 Å². The summed E-state index contributed by atoms with van der Waals surface area (Å²) in [6.45, 7) is 6.13. The molecule has 2 rings (SSSR count). The molecule has 2 aromatic heterocycles. The van der Waals surface area contributed by atoms with Crippen molar-refractivity contribution in [2.45, 2.75) is 26.7 Å². The van der Waals surface area contributed by atoms with E-state index in [4.69, 9.17) is 0 Å². The molecule has 2 aromatic rings. The van der Waals surface area contributed by atoms with Gasteiger partial charge in [0.15, 0.2) is 0 Å². The Balaban J connectivity index is 2.70. The smallest absolute Gasteiger partial charge is 0.132 e. The molecule has 1 N–H and O–H groups in total. The van der Waals surface area contributed by atoms with Gasteiger partial charge >= 0.3 is 0 Å². The lowest BCUT2D eigenvalue weighted by molar-refractivity contribution is 0.776. The van der Waals surface area contributed by atoms with E-state index in [2.05, 4.69) is 34.0 Å². The van der Waals surface area contributed by atoms with Gasteiger partial charge in [-0.1, -0.05) is 13.8 Å². The first-order valence-corrected chi connectivity index (χ1v) is 4.36. The number of nitrogens with one attached hydrogen (secondary N) is 1. The van der Waals surface area contributed by atoms with E-state index in [9.17, 15) is 0 Å². The van der Waals surface area contributed by atoms with Crippen LogP contribution in [0.25, 0.3) is 11.0 Å². The molecule has 0 radical (unpaired) electrons. The van der Waals surface area contributed by atoms with Gasteiger partial charge in [-0.25, -0.2) is 9.97 Å². The zero-order chi connectivity index (χ0) is 9.42. The molecule has 0 aliphatic rings. The molecule has 0 aliphatic heterocycles. The fourth-order valence-corrected chi connectivity index (χ4v) is 1.27. The van der Waals surface area contributed by atoms with Gasteiger partial charge in [-0.2, -0.15) is 5.10 Å². The maximum atomic E-state index is 4.39. The standard InChI is InChI=1S/C9H12N4/c1-5(2)9-11-6(3)8-7(12-9)4-10-13-8/h4-5H,1-3H3,(H,10,13). The first-order chi connectivity index (χ1) is 6.18. The van der Waals surface area contributed by atoms with Gasteiger partial charge in [-0.05, 0) is 6.92 Å². The second kappa shape index (κ2) is 2.80. The lowest BCUT2D eigenvalue weighted by Crippen LogP contribution is -1.99. The molecule has 68 valence electrons. The largest absolute Gasteiger partial charge is 0.274 e. The highest BCUT2D eigenvalue weighted by Crippen LogP contribution is 2.15. The van der Waals surface area contributed by atoms with Crippen LogP contribution in [0.15, 0.2) is 6.20 Å². The number of fused-ring (bicyclic) bond motifs is 1. The van der Waals surface area contributed by atoms with E-state index in [1.165, 1.54) is 0 Å². The Morgan fingerprint density at radius 3 is 2.77 bits per heavy atom. The highest BCUT2D eigenvalue weighted by atomic mass is 15.1. The molecule has 0 amide bonds. The molecule has 4 heteroatoms. The van der Waals surface area contributed by atoms with Crippen LogP contribution < -0.4 is 0 Å². The summed E-state index contributed by atoms with van der Waals surface area (Å²) in [5.41, 5.74) is 2.80. The van der Waals surface area contributed by atoms with Crippen LogP contribution in [0, 0.1) is 6.92 Å². The highest BCUT2D eigenvalue weighted by molar-refractivity contribution is 5.75. The maximum absolute atomic E-state index is 4.39. The fraction of sp³-hybridized carbons (Fsp3) is 0.444. The average molecular weight is 176 g/mol. The molecule has 0 saturated carbocycles. The number of aromatic amines is 1. The summed E-state index contributed by atoms with van der Waals surface area (Å²) >= 11 is 0. The van der Waals surface area contributed by atoms with Crippen molar-refractivity contribution in [1.82, 2.24) is 20.2 Å². The topological polar surface area (TPSA) is 54.5 Å². The van der Waals surface area contributed by atoms with Crippen molar-refractivity contribution < 1.29 is 0 Å². The van der Waals surface area contributed by atoms with E-state index in [1.807, 2.05) is 6.92 Å². The van der Waals surface area contributed by atoms with Crippen LogP contribution in [-0.2, 0) is 0 Å². The van der Waals surface area contributed by atoms with Crippen LogP contribution in [0.3, 0.4) is 0 Å². The van der Waals surface area contributed by atoms with Crippen molar-refractivity contribution in [3.8, 4) is 0 Å². The van der Waals surface area contributed by atoms with Crippen LogP contribution in [0.4, 0.5) is 0 Å². The van der Waals surface area contributed by atoms with Crippen LogP contribution in [0.2, 0.25) is 0 Å². The summed E-state index contributed by atoms with van der Waals surface area (Å²) in [4.78, 5) is 8.78. The van der Waals surface area contributed by atoms with Crippen molar-refractivity contribution in [1.29, 1.82) is 0 Å². The minimum absolute atomic E-state index is 0.359. The second-order valence-corrected chi connectivity index (χ2v) is 3.45. The normalized spacial score (nSPS) is 11.4. The van der Waals surface area contributed by atoms with Gasteiger partial charge in [0.05, 0.1) is 11.9 Å². The molecule has 0 fully saturated rings. The van der Waals surface area contributed by atoms with Crippen LogP contribution in [-0.4, -0.2) is 20.2 Å². The molecule has 0 aliphatic carbocycles. The summed E-state index contributed by atoms with van der Waals surface area (Å²) in [5, 5.41) is 6.81. The van der Waals surface area contributed by atoms with Gasteiger partial charge in [-0.15, -0.1) is 0 Å². The molecule has 0 unspecified atom stereocenters. The third kappa shape index (κ3) is 1.28. The van der Waals surface area contributed by atoms with Crippen molar-refractivity contribution in [2.75, 3.05) is 0 Å². The molecule has 0 bridgehead atoms. The van der Waals surface area contributed by atoms with Gasteiger partial charge < -0.3 is 0 Å². The fourth-order valence-electron chi connectivity index (χ4n) is 1.27. The molecule has 0 spiro atoms. The molecular formula is C9H12N4. The quantitative estimate of drug-likeness (QED) is 0.720. The van der Waals surface area contributed by atoms with E-state index in [1.54, 1.807) is 6.20 Å². The number of H-pyrrole nitrogens is 1. The van der Waals surface area contributed by atoms with Crippen LogP contribution in [0.5, 0.6) is 0 Å². The van der Waals surface area contributed by atoms with Crippen LogP contribution in [0.1, 0.15) is 31.3 Å². The highest BCUT2D eigenvalue weighted by Gasteiger charge is 2.08. The monoisotopic (exact) mass is 176 g/mol. The Morgan fingerprint density at radius 2 is 2.08 bits per heavy atom. The molecule has 2 heterocycles. The number of rotatable bonds is 1. The number of hydrogen-bond acceptors (Lipinski definition) is 3. The minimum Gasteiger partial charge on any atom is -0.274 e. The summed E-state index contributed by atoms with van der Waals surface area (Å²) in [5.74, 6) is 1.24. The third-order valence-corrected chi connectivity index (χ3v) is 2.01. The molecule has 0 saturated heterocycles. The summed E-state index contributed by atoms with van der Waals surface area (Å²) in [6.07, 6.45) is 1.73. The molecule has 4 nitrogen and oxygen atoms in total. The summed E-state index contributed by atoms with van der Waals surface area (Å²) in [7, 11) is 0. The predicted octanol–water partition coefficient (Wildman–Crippen LogP) is 1.78. The van der Waals surface area contributed by atoms with E-state index >= 15 is 0 Å². The maximum Gasteiger partial charge on any atom is 0.132 e. The van der Waals surface area contributed by atoms with E-state index in [0.717, 1.165) is 22.6 Å². The van der Waals surface area contributed by atoms with Gasteiger partial charge in [0.25, 0.3) is 0 Å². The lowest BCUT2D eigenvalue weighted by Gasteiger charge is -2.04. The predicted molar refractivity (Wildman–Crippen MR) is 50.5 cm³/mol. The van der Waals surface area contributed by atoms with E-state index in [-0.39, 0.29) is 0 Å². The third-order valence-electron chi connectivity index (χ3n) is 2.01. The summed E-state index contributed by atoms with van der Waals surface area (Å²) < 4.78 is 0. The van der Waals surface area contributed by atoms with Gasteiger partial charge in [0.1, 0.15) is 16.9 Å². The summed E-state index contributed by atoms with van der Waals surface area (Å²) in [6, 6.07) is 0. The van der Waals surface area contributed by atoms with Gasteiger partial charge in [0, 0.05) is 5.92 Å². The average Bonchev–Trinajstić information content (AvgIpc) is 2.51. The van der Waals surface area contributed by atoms with Crippen molar-refractivity contribution in [3.63, 3.8) is 0 Å². The zero-order valence-electron chi connectivity index (χ0n) is 8.00. The molecule has 13 heavy (non-hydrogen) atoms. The number of nitrogens with zero attached hydrogens (tertiary/aromatic N) is 3. The Morgan fingerprint density at radius 1 is 1.31 bits per heavy atom. The molecule has 0 atom stereocenters. The minimum atomic E-state index is 0.359. The Bertz CT molecular complexity index is 430. The Labute approximate surface area is 76.4 Å². The molecule has 0 aromatic carbocycles. The van der Waals surface area contributed by atoms with E-state index < -0.39 is 0 Å². The van der Waals surface area contributed by atoms with Crippen molar-refractivity contribution in [3.05, 3.63) is 17.7 Å². The lowest BCUT2D eigenvalue weighted by atomic mass is 10.2. The Hall–Kier alpha value is -1.45. The van der Waals surface area contributed by atoms with Gasteiger partial charge in [0.2, 0.25) is 0 Å². The SMILES string of the molecule is Cc1nc(C(C)C)nc2cn[nH]c12. The first-order valence-electron chi connectivity index (χ1n) is 4.36. The molecular weight excluding hydrogens is 164 g/mol. The van der Waals surface area contributed by atoms with E-state index in [0.29, 0.717) is 5.92 Å². The van der Waals surface area contributed by atoms with Crippen molar-refractivity contribution >= 4 is 11.0 Å². The number of aryl methyl sites for hydroxylation is 1. The van der Waals surface area contributed by atoms with Crippen molar-refractivity contribution in [2.24, 2.45) is 0 Å².